The van der Waals surface area contributed by atoms with Gasteiger partial charge in [0.25, 0.3) is 0 Å². The van der Waals surface area contributed by atoms with Crippen molar-refractivity contribution in [1.29, 1.82) is 0 Å². The molecular formula is C16H23O2-. The van der Waals surface area contributed by atoms with Crippen molar-refractivity contribution < 1.29 is 9.53 Å². The van der Waals surface area contributed by atoms with E-state index in [9.17, 15) is 4.79 Å². The molecule has 1 unspecified atom stereocenters. The van der Waals surface area contributed by atoms with Crippen LogP contribution in [0, 0.1) is 12.3 Å². The number of benzene rings is 1. The Morgan fingerprint density at radius 3 is 2.28 bits per heavy atom. The first-order chi connectivity index (χ1) is 8.35. The van der Waals surface area contributed by atoms with E-state index in [-0.39, 0.29) is 11.4 Å². The van der Waals surface area contributed by atoms with Crippen LogP contribution in [0.1, 0.15) is 39.2 Å². The molecule has 0 aromatic heterocycles. The fourth-order valence-corrected chi connectivity index (χ4v) is 2.42. The zero-order chi connectivity index (χ0) is 13.8. The van der Waals surface area contributed by atoms with Gasteiger partial charge in [-0.1, -0.05) is 55.7 Å². The molecule has 0 saturated carbocycles. The predicted octanol–water partition coefficient (Wildman–Crippen LogP) is 3.76. The molecular weight excluding hydrogens is 224 g/mol. The molecule has 0 aliphatic rings. The van der Waals surface area contributed by atoms with Gasteiger partial charge in [0.05, 0.1) is 12.5 Å². The molecule has 100 valence electrons. The van der Waals surface area contributed by atoms with Crippen molar-refractivity contribution in [1.82, 2.24) is 0 Å². The third-order valence-corrected chi connectivity index (χ3v) is 3.58. The van der Waals surface area contributed by atoms with Crippen molar-refractivity contribution in [2.24, 2.45) is 5.41 Å². The van der Waals surface area contributed by atoms with Gasteiger partial charge in [-0.05, 0) is 13.8 Å². The Hall–Kier alpha value is -1.31. The lowest BCUT2D eigenvalue weighted by atomic mass is 9.69. The summed E-state index contributed by atoms with van der Waals surface area (Å²) in [6, 6.07) is 10.2. The number of carbonyl (C=O) groups is 1. The molecule has 0 N–H and O–H groups in total. The summed E-state index contributed by atoms with van der Waals surface area (Å²) in [7, 11) is 1.43. The molecule has 1 aromatic carbocycles. The van der Waals surface area contributed by atoms with Gasteiger partial charge < -0.3 is 11.7 Å². The van der Waals surface area contributed by atoms with E-state index < -0.39 is 5.41 Å². The van der Waals surface area contributed by atoms with Gasteiger partial charge in [-0.25, -0.2) is 0 Å². The molecule has 0 spiro atoms. The number of hydrogen-bond acceptors (Lipinski definition) is 2. The maximum atomic E-state index is 11.8. The van der Waals surface area contributed by atoms with E-state index in [0.717, 1.165) is 6.42 Å². The Kier molecular flexibility index (Phi) is 4.55. The summed E-state index contributed by atoms with van der Waals surface area (Å²) in [4.78, 5) is 11.8. The molecule has 0 amide bonds. The summed E-state index contributed by atoms with van der Waals surface area (Å²) in [5, 5.41) is 0. The molecule has 2 nitrogen and oxygen atoms in total. The Morgan fingerprint density at radius 2 is 1.83 bits per heavy atom. The highest BCUT2D eigenvalue weighted by atomic mass is 16.5. The minimum Gasteiger partial charge on any atom is -0.469 e. The average Bonchev–Trinajstić information content (AvgIpc) is 2.38. The minimum atomic E-state index is -0.525. The molecule has 2 heteroatoms. The Bertz CT molecular complexity index is 395. The molecule has 1 aromatic rings. The number of methoxy groups -OCH3 is 1. The van der Waals surface area contributed by atoms with Crippen LogP contribution in [0.25, 0.3) is 0 Å². The SMILES string of the molecule is [CH2-]C(CC)(CC(C)(C)C(=O)OC)c1ccccc1. The standard InChI is InChI=1S/C16H23O2/c1-6-16(4,13-10-8-7-9-11-13)12-15(2,3)14(17)18-5/h7-11H,4,6,12H2,1-3,5H3/q-1. The van der Waals surface area contributed by atoms with Crippen LogP contribution in [0.3, 0.4) is 0 Å². The van der Waals surface area contributed by atoms with Crippen LogP contribution in [0.2, 0.25) is 0 Å². The summed E-state index contributed by atoms with van der Waals surface area (Å²) in [5.41, 5.74) is 0.394. The highest BCUT2D eigenvalue weighted by molar-refractivity contribution is 5.76. The van der Waals surface area contributed by atoms with Gasteiger partial charge in [-0.15, -0.1) is 5.41 Å². The van der Waals surface area contributed by atoms with Crippen LogP contribution in [-0.2, 0) is 14.9 Å². The van der Waals surface area contributed by atoms with Crippen LogP contribution in [0.15, 0.2) is 30.3 Å². The summed E-state index contributed by atoms with van der Waals surface area (Å²) < 4.78 is 4.87. The molecule has 1 atom stereocenters. The van der Waals surface area contributed by atoms with E-state index in [4.69, 9.17) is 4.74 Å². The van der Waals surface area contributed by atoms with Gasteiger partial charge >= 0.3 is 5.97 Å². The monoisotopic (exact) mass is 247 g/mol. The minimum absolute atomic E-state index is 0.181. The maximum Gasteiger partial charge on any atom is 0.311 e. The van der Waals surface area contributed by atoms with Crippen molar-refractivity contribution in [2.45, 2.75) is 39.0 Å². The highest BCUT2D eigenvalue weighted by Gasteiger charge is 2.34. The largest absolute Gasteiger partial charge is 0.469 e. The zero-order valence-electron chi connectivity index (χ0n) is 11.8. The lowest BCUT2D eigenvalue weighted by molar-refractivity contribution is -0.151. The van der Waals surface area contributed by atoms with E-state index in [1.54, 1.807) is 0 Å². The second-order valence-electron chi connectivity index (χ2n) is 5.55. The molecule has 1 rings (SSSR count). The third-order valence-electron chi connectivity index (χ3n) is 3.58. The molecule has 0 bridgehead atoms. The van der Waals surface area contributed by atoms with Crippen molar-refractivity contribution in [3.05, 3.63) is 42.8 Å². The van der Waals surface area contributed by atoms with Crippen LogP contribution in [0.5, 0.6) is 0 Å². The number of rotatable bonds is 5. The highest BCUT2D eigenvalue weighted by Crippen LogP contribution is 2.39. The van der Waals surface area contributed by atoms with Crippen molar-refractivity contribution in [3.8, 4) is 0 Å². The number of esters is 1. The second kappa shape index (κ2) is 5.55. The van der Waals surface area contributed by atoms with Crippen LogP contribution >= 0.6 is 0 Å². The zero-order valence-corrected chi connectivity index (χ0v) is 11.8. The molecule has 0 saturated heterocycles. The first-order valence-electron chi connectivity index (χ1n) is 6.35. The van der Waals surface area contributed by atoms with E-state index >= 15 is 0 Å². The van der Waals surface area contributed by atoms with E-state index in [1.807, 2.05) is 32.0 Å². The van der Waals surface area contributed by atoms with E-state index in [1.165, 1.54) is 12.7 Å². The Morgan fingerprint density at radius 1 is 1.28 bits per heavy atom. The van der Waals surface area contributed by atoms with Crippen LogP contribution in [0.4, 0.5) is 0 Å². The first kappa shape index (κ1) is 14.7. The topological polar surface area (TPSA) is 26.3 Å². The third kappa shape index (κ3) is 3.12. The fraction of sp³-hybridized carbons (Fsp3) is 0.500. The summed E-state index contributed by atoms with van der Waals surface area (Å²) >= 11 is 0. The number of ether oxygens (including phenoxy) is 1. The van der Waals surface area contributed by atoms with Gasteiger partial charge in [-0.2, -0.15) is 0 Å². The van der Waals surface area contributed by atoms with E-state index in [0.29, 0.717) is 6.42 Å². The van der Waals surface area contributed by atoms with Gasteiger partial charge in [0.1, 0.15) is 0 Å². The maximum absolute atomic E-state index is 11.8. The fourth-order valence-electron chi connectivity index (χ4n) is 2.42. The second-order valence-corrected chi connectivity index (χ2v) is 5.55. The quantitative estimate of drug-likeness (QED) is 0.585. The van der Waals surface area contributed by atoms with Crippen LogP contribution in [-0.4, -0.2) is 13.1 Å². The van der Waals surface area contributed by atoms with Crippen molar-refractivity contribution >= 4 is 5.97 Å². The average molecular weight is 247 g/mol. The number of hydrogen-bond donors (Lipinski definition) is 0. The number of carbonyl (C=O) groups excluding carboxylic acids is 1. The molecule has 0 aliphatic carbocycles. The predicted molar refractivity (Wildman–Crippen MR) is 74.2 cm³/mol. The van der Waals surface area contributed by atoms with Crippen molar-refractivity contribution in [2.75, 3.05) is 7.11 Å². The van der Waals surface area contributed by atoms with Gasteiger partial charge in [0, 0.05) is 0 Å². The summed E-state index contributed by atoms with van der Waals surface area (Å²) in [6.07, 6.45) is 1.56. The molecule has 0 aliphatic heterocycles. The van der Waals surface area contributed by atoms with Gasteiger partial charge in [-0.3, -0.25) is 4.79 Å². The lowest BCUT2D eigenvalue weighted by Crippen LogP contribution is -2.35. The van der Waals surface area contributed by atoms with Gasteiger partial charge in [0.15, 0.2) is 0 Å². The van der Waals surface area contributed by atoms with Crippen LogP contribution < -0.4 is 0 Å². The molecule has 18 heavy (non-hydrogen) atoms. The Balaban J connectivity index is 3.01. The van der Waals surface area contributed by atoms with Gasteiger partial charge in [0.2, 0.25) is 0 Å². The molecule has 0 fully saturated rings. The summed E-state index contributed by atoms with van der Waals surface area (Å²) in [6.45, 7) is 10.3. The normalized spacial score (nSPS) is 14.9. The molecule has 0 radical (unpaired) electrons. The first-order valence-corrected chi connectivity index (χ1v) is 6.35. The van der Waals surface area contributed by atoms with E-state index in [2.05, 4.69) is 26.0 Å². The summed E-state index contributed by atoms with van der Waals surface area (Å²) in [5.74, 6) is -0.181. The Labute approximate surface area is 110 Å². The lowest BCUT2D eigenvalue weighted by Gasteiger charge is -2.42. The smallest absolute Gasteiger partial charge is 0.311 e. The molecule has 0 heterocycles. The van der Waals surface area contributed by atoms with Crippen molar-refractivity contribution in [3.63, 3.8) is 0 Å².